The van der Waals surface area contributed by atoms with Crippen LogP contribution in [-0.4, -0.2) is 14.3 Å². The highest BCUT2D eigenvalue weighted by Gasteiger charge is 2.09. The van der Waals surface area contributed by atoms with Crippen LogP contribution in [0, 0.1) is 6.92 Å². The van der Waals surface area contributed by atoms with E-state index >= 15 is 0 Å². The fourth-order valence-corrected chi connectivity index (χ4v) is 1.59. The predicted molar refractivity (Wildman–Crippen MR) is 65.5 cm³/mol. The molecule has 0 fully saturated rings. The second-order valence-corrected chi connectivity index (χ2v) is 4.63. The highest BCUT2D eigenvalue weighted by atomic mass is 32.2. The molecule has 1 rings (SSSR count). The van der Waals surface area contributed by atoms with Gasteiger partial charge in [0.1, 0.15) is 5.88 Å². The molecule has 2 N–H and O–H groups in total. The van der Waals surface area contributed by atoms with Crippen LogP contribution >= 0.6 is 0 Å². The van der Waals surface area contributed by atoms with Gasteiger partial charge < -0.3 is 5.73 Å². The standard InChI is InChI=1S/C8H11NO2S.C2H6.CH4/c1-7-2-4-8(5-3-7)12(10,11)6-9;1-2;/h2-5H,6,9H2,1H3;1-2H3;1H4. The SMILES string of the molecule is C.CC.Cc1ccc(S(=O)(=O)CN)cc1. The minimum atomic E-state index is -3.24. The molecule has 0 aliphatic heterocycles. The number of nitrogens with two attached hydrogens (primary N) is 1. The number of benzene rings is 1. The van der Waals surface area contributed by atoms with E-state index in [1.165, 1.54) is 0 Å². The molecule has 0 saturated heterocycles. The Kier molecular flexibility index (Phi) is 8.20. The zero-order valence-corrected chi connectivity index (χ0v) is 9.64. The maximum atomic E-state index is 11.2. The molecule has 0 aliphatic rings. The largest absolute Gasteiger partial charge is 0.317 e. The molecule has 15 heavy (non-hydrogen) atoms. The van der Waals surface area contributed by atoms with Crippen LogP contribution in [-0.2, 0) is 9.84 Å². The first-order chi connectivity index (χ1) is 6.56. The van der Waals surface area contributed by atoms with Gasteiger partial charge in [0.15, 0.2) is 9.84 Å². The first kappa shape index (κ1) is 16.6. The van der Waals surface area contributed by atoms with Crippen LogP contribution in [0.4, 0.5) is 0 Å². The Bertz CT molecular complexity index is 355. The second-order valence-electron chi connectivity index (χ2n) is 2.59. The van der Waals surface area contributed by atoms with Gasteiger partial charge in [-0.05, 0) is 19.1 Å². The second kappa shape index (κ2) is 7.43. The average Bonchev–Trinajstić information content (AvgIpc) is 2.21. The molecule has 0 radical (unpaired) electrons. The van der Waals surface area contributed by atoms with Crippen LogP contribution in [0.3, 0.4) is 0 Å². The van der Waals surface area contributed by atoms with Crippen molar-refractivity contribution < 1.29 is 8.42 Å². The van der Waals surface area contributed by atoms with E-state index in [-0.39, 0.29) is 18.2 Å². The summed E-state index contributed by atoms with van der Waals surface area (Å²) < 4.78 is 22.4. The molecule has 0 atom stereocenters. The summed E-state index contributed by atoms with van der Waals surface area (Å²) >= 11 is 0. The quantitative estimate of drug-likeness (QED) is 0.850. The van der Waals surface area contributed by atoms with Gasteiger partial charge in [-0.15, -0.1) is 0 Å². The molecule has 0 unspecified atom stereocenters. The molecule has 0 spiro atoms. The van der Waals surface area contributed by atoms with E-state index < -0.39 is 9.84 Å². The van der Waals surface area contributed by atoms with Crippen molar-refractivity contribution in [1.82, 2.24) is 0 Å². The number of aryl methyl sites for hydroxylation is 1. The Hall–Kier alpha value is -0.870. The van der Waals surface area contributed by atoms with Crippen molar-refractivity contribution in [3.63, 3.8) is 0 Å². The fourth-order valence-electron chi connectivity index (χ4n) is 0.842. The lowest BCUT2D eigenvalue weighted by molar-refractivity contribution is 0.596. The van der Waals surface area contributed by atoms with Crippen molar-refractivity contribution in [3.05, 3.63) is 29.8 Å². The van der Waals surface area contributed by atoms with Gasteiger partial charge in [-0.3, -0.25) is 0 Å². The van der Waals surface area contributed by atoms with Crippen molar-refractivity contribution in [2.45, 2.75) is 33.1 Å². The summed E-state index contributed by atoms with van der Waals surface area (Å²) in [6.07, 6.45) is 0. The minimum absolute atomic E-state index is 0. The van der Waals surface area contributed by atoms with E-state index in [0.29, 0.717) is 0 Å². The molecule has 1 aromatic carbocycles. The van der Waals surface area contributed by atoms with E-state index in [9.17, 15) is 8.42 Å². The Morgan fingerprint density at radius 1 is 1.13 bits per heavy atom. The van der Waals surface area contributed by atoms with Gasteiger partial charge in [0.2, 0.25) is 0 Å². The lowest BCUT2D eigenvalue weighted by Crippen LogP contribution is -2.14. The van der Waals surface area contributed by atoms with Crippen LogP contribution in [0.1, 0.15) is 26.8 Å². The number of hydrogen-bond acceptors (Lipinski definition) is 3. The van der Waals surface area contributed by atoms with E-state index in [1.54, 1.807) is 24.3 Å². The van der Waals surface area contributed by atoms with E-state index in [4.69, 9.17) is 5.73 Å². The minimum Gasteiger partial charge on any atom is -0.317 e. The summed E-state index contributed by atoms with van der Waals surface area (Å²) in [5.41, 5.74) is 6.12. The van der Waals surface area contributed by atoms with Crippen molar-refractivity contribution in [3.8, 4) is 0 Å². The topological polar surface area (TPSA) is 60.2 Å². The van der Waals surface area contributed by atoms with Crippen LogP contribution in [0.15, 0.2) is 29.2 Å². The predicted octanol–water partition coefficient (Wildman–Crippen LogP) is 2.35. The highest BCUT2D eigenvalue weighted by Crippen LogP contribution is 2.10. The van der Waals surface area contributed by atoms with Gasteiger partial charge in [0.05, 0.1) is 4.90 Å². The Morgan fingerprint density at radius 3 is 1.87 bits per heavy atom. The Morgan fingerprint density at radius 2 is 1.53 bits per heavy atom. The summed E-state index contributed by atoms with van der Waals surface area (Å²) in [6, 6.07) is 6.64. The van der Waals surface area contributed by atoms with Crippen molar-refractivity contribution in [2.75, 3.05) is 5.88 Å². The average molecular weight is 231 g/mol. The first-order valence-corrected chi connectivity index (χ1v) is 6.21. The molecular weight excluding hydrogens is 210 g/mol. The third-order valence-electron chi connectivity index (χ3n) is 1.60. The normalized spacial score (nSPS) is 9.60. The van der Waals surface area contributed by atoms with Gasteiger partial charge in [0.25, 0.3) is 0 Å². The zero-order chi connectivity index (χ0) is 11.2. The van der Waals surface area contributed by atoms with Gasteiger partial charge in [-0.25, -0.2) is 8.42 Å². The molecule has 0 bridgehead atoms. The van der Waals surface area contributed by atoms with Gasteiger partial charge in [0, 0.05) is 0 Å². The van der Waals surface area contributed by atoms with Crippen LogP contribution in [0.5, 0.6) is 0 Å². The maximum absolute atomic E-state index is 11.2. The van der Waals surface area contributed by atoms with E-state index in [0.717, 1.165) is 5.56 Å². The first-order valence-electron chi connectivity index (χ1n) is 4.56. The van der Waals surface area contributed by atoms with Gasteiger partial charge in [-0.1, -0.05) is 39.0 Å². The van der Waals surface area contributed by atoms with E-state index in [2.05, 4.69) is 0 Å². The summed E-state index contributed by atoms with van der Waals surface area (Å²) in [7, 11) is -3.24. The zero-order valence-electron chi connectivity index (χ0n) is 8.82. The Labute approximate surface area is 93.2 Å². The molecule has 0 amide bonds. The lowest BCUT2D eigenvalue weighted by Gasteiger charge is -2.00. The molecule has 3 nitrogen and oxygen atoms in total. The highest BCUT2D eigenvalue weighted by molar-refractivity contribution is 7.91. The molecule has 88 valence electrons. The van der Waals surface area contributed by atoms with Crippen molar-refractivity contribution in [2.24, 2.45) is 5.73 Å². The fraction of sp³-hybridized carbons (Fsp3) is 0.455. The third kappa shape index (κ3) is 4.95. The maximum Gasteiger partial charge on any atom is 0.191 e. The van der Waals surface area contributed by atoms with Crippen molar-refractivity contribution in [1.29, 1.82) is 0 Å². The number of hydrogen-bond donors (Lipinski definition) is 1. The van der Waals surface area contributed by atoms with Crippen molar-refractivity contribution >= 4 is 9.84 Å². The molecule has 0 aliphatic carbocycles. The van der Waals surface area contributed by atoms with E-state index in [1.807, 2.05) is 20.8 Å². The molecule has 4 heteroatoms. The molecule has 0 saturated carbocycles. The molecule has 0 aromatic heterocycles. The van der Waals surface area contributed by atoms with Gasteiger partial charge >= 0.3 is 0 Å². The summed E-state index contributed by atoms with van der Waals surface area (Å²) in [4.78, 5) is 0.288. The van der Waals surface area contributed by atoms with Crippen LogP contribution in [0.25, 0.3) is 0 Å². The summed E-state index contributed by atoms with van der Waals surface area (Å²) in [5, 5.41) is 0. The van der Waals surface area contributed by atoms with Crippen LogP contribution in [0.2, 0.25) is 0 Å². The summed E-state index contributed by atoms with van der Waals surface area (Å²) in [6.45, 7) is 5.90. The molecular formula is C11H21NO2S. The monoisotopic (exact) mass is 231 g/mol. The third-order valence-corrected chi connectivity index (χ3v) is 3.03. The van der Waals surface area contributed by atoms with Gasteiger partial charge in [-0.2, -0.15) is 0 Å². The molecule has 1 aromatic rings. The lowest BCUT2D eigenvalue weighted by atomic mass is 10.2. The number of sulfone groups is 1. The Balaban J connectivity index is 0. The smallest absolute Gasteiger partial charge is 0.191 e. The summed E-state index contributed by atoms with van der Waals surface area (Å²) in [5.74, 6) is -0.337. The van der Waals surface area contributed by atoms with Crippen LogP contribution < -0.4 is 5.73 Å². The number of rotatable bonds is 2. The molecule has 0 heterocycles.